The van der Waals surface area contributed by atoms with E-state index in [9.17, 15) is 28.8 Å². The number of nitrogens with one attached hydrogen (secondary N) is 4. The highest BCUT2D eigenvalue weighted by Gasteiger charge is 2.75. The number of nitrogens with zero attached hydrogens (tertiary/aromatic N) is 3. The Hall–Kier alpha value is -5.83. The number of piperidine rings is 1. The fourth-order valence-electron chi connectivity index (χ4n) is 11.6. The lowest BCUT2D eigenvalue weighted by Gasteiger charge is -2.53. The number of aromatic nitrogens is 2. The standard InChI is InChI=1S/C51H54Cl2FN7O6/c1-49(2)22-24-50(25-23-49)51(34-18-15-31(52)28-36(34)57-47(51)66)41(33-10-8-11-35(53)42(33)54)43(60(50)4)46(65)56-32-16-13-30(14-17-32)44(63)55-26-7-5-6-9-29-12-19-37-39(27-29)59(3)48(67)61(37)38-20-21-40(62)58-45(38)64/h8,10-19,27-28,38,41,43H,5-7,9,20-26H2,1-4H3,(H,55,63)(H,56,65)(H,57,66)(H,58,62,64)/t38?,41-,43+,51+/m0/s1. The zero-order chi connectivity index (χ0) is 47.6. The number of halogens is 3. The van der Waals surface area contributed by atoms with Gasteiger partial charge < -0.3 is 16.0 Å². The summed E-state index contributed by atoms with van der Waals surface area (Å²) in [5, 5.41) is 11.8. The van der Waals surface area contributed by atoms with Crippen LogP contribution in [0.3, 0.4) is 0 Å². The summed E-state index contributed by atoms with van der Waals surface area (Å²) in [7, 11) is 3.55. The van der Waals surface area contributed by atoms with Crippen molar-refractivity contribution < 1.29 is 28.4 Å². The van der Waals surface area contributed by atoms with Crippen LogP contribution in [0, 0.1) is 11.2 Å². The Morgan fingerprint density at radius 3 is 2.33 bits per heavy atom. The number of carbonyl (C=O) groups is 5. The summed E-state index contributed by atoms with van der Waals surface area (Å²) in [6, 6.07) is 20.7. The van der Waals surface area contributed by atoms with Gasteiger partial charge in [-0.15, -0.1) is 0 Å². The molecule has 3 fully saturated rings. The van der Waals surface area contributed by atoms with E-state index >= 15 is 4.39 Å². The molecule has 16 heteroatoms. The average molecular weight is 951 g/mol. The molecule has 4 heterocycles. The summed E-state index contributed by atoms with van der Waals surface area (Å²) < 4.78 is 19.5. The first-order chi connectivity index (χ1) is 32.0. The second-order valence-corrected chi connectivity index (χ2v) is 20.3. The summed E-state index contributed by atoms with van der Waals surface area (Å²) >= 11 is 12.9. The molecule has 1 unspecified atom stereocenters. The maximum atomic E-state index is 16.5. The van der Waals surface area contributed by atoms with Gasteiger partial charge in [0.25, 0.3) is 5.91 Å². The molecule has 350 valence electrons. The molecular weight excluding hydrogens is 897 g/mol. The number of aryl methyl sites for hydroxylation is 2. The van der Waals surface area contributed by atoms with Crippen LogP contribution in [0.1, 0.15) is 111 Å². The van der Waals surface area contributed by atoms with Crippen molar-refractivity contribution in [3.05, 3.63) is 127 Å². The number of imide groups is 1. The predicted molar refractivity (Wildman–Crippen MR) is 256 cm³/mol. The fraction of sp³-hybridized carbons (Fsp3) is 0.412. The summed E-state index contributed by atoms with van der Waals surface area (Å²) in [6.07, 6.45) is 6.39. The topological polar surface area (TPSA) is 164 Å². The van der Waals surface area contributed by atoms with Crippen LogP contribution in [0.2, 0.25) is 10.0 Å². The molecule has 2 spiro atoms. The minimum absolute atomic E-state index is 0.00454. The van der Waals surface area contributed by atoms with Crippen molar-refractivity contribution in [3.63, 3.8) is 0 Å². The van der Waals surface area contributed by atoms with Gasteiger partial charge >= 0.3 is 5.69 Å². The second-order valence-electron chi connectivity index (χ2n) is 19.5. The first kappa shape index (κ1) is 46.3. The number of rotatable bonds is 11. The maximum absolute atomic E-state index is 16.5. The lowest BCUT2D eigenvalue weighted by molar-refractivity contribution is -0.135. The van der Waals surface area contributed by atoms with E-state index in [4.69, 9.17) is 23.2 Å². The van der Waals surface area contributed by atoms with Gasteiger partial charge in [0, 0.05) is 53.4 Å². The molecule has 4 aromatic carbocycles. The van der Waals surface area contributed by atoms with Crippen LogP contribution in [-0.2, 0) is 38.1 Å². The Bertz CT molecular complexity index is 2900. The van der Waals surface area contributed by atoms with Crippen LogP contribution in [-0.4, -0.2) is 68.7 Å². The van der Waals surface area contributed by atoms with Crippen LogP contribution in [0.5, 0.6) is 0 Å². The third-order valence-corrected chi connectivity index (χ3v) is 15.7. The van der Waals surface area contributed by atoms with Crippen LogP contribution in [0.4, 0.5) is 15.8 Å². The molecule has 1 aromatic heterocycles. The summed E-state index contributed by atoms with van der Waals surface area (Å²) in [4.78, 5) is 82.4. The van der Waals surface area contributed by atoms with E-state index in [0.29, 0.717) is 57.9 Å². The maximum Gasteiger partial charge on any atom is 0.329 e. The van der Waals surface area contributed by atoms with Gasteiger partial charge in [-0.1, -0.05) is 67.7 Å². The van der Waals surface area contributed by atoms with Crippen LogP contribution < -0.4 is 27.0 Å². The molecule has 2 saturated heterocycles. The quantitative estimate of drug-likeness (QED) is 0.0767. The Balaban J connectivity index is 0.865. The number of hydrogen-bond acceptors (Lipinski definition) is 7. The molecule has 1 aliphatic carbocycles. The minimum atomic E-state index is -1.38. The number of fused-ring (bicyclic) bond motifs is 4. The number of unbranched alkanes of at least 4 members (excludes halogenated alkanes) is 2. The van der Waals surface area contributed by atoms with E-state index < -0.39 is 46.6 Å². The van der Waals surface area contributed by atoms with Gasteiger partial charge in [0.05, 0.1) is 22.1 Å². The minimum Gasteiger partial charge on any atom is -0.352 e. The molecule has 4 atom stereocenters. The lowest BCUT2D eigenvalue weighted by atomic mass is 9.53. The van der Waals surface area contributed by atoms with Crippen LogP contribution in [0.15, 0.2) is 83.7 Å². The van der Waals surface area contributed by atoms with Crippen molar-refractivity contribution >= 4 is 75.1 Å². The molecule has 5 aromatic rings. The van der Waals surface area contributed by atoms with E-state index in [1.54, 1.807) is 55.6 Å². The largest absolute Gasteiger partial charge is 0.352 e. The lowest BCUT2D eigenvalue weighted by Crippen LogP contribution is -2.61. The molecule has 0 bridgehead atoms. The number of likely N-dealkylation sites (N-methyl/N-ethyl adjacent to an activating group) is 1. The molecule has 67 heavy (non-hydrogen) atoms. The van der Waals surface area contributed by atoms with E-state index in [-0.39, 0.29) is 52.3 Å². The second kappa shape index (κ2) is 17.7. The number of anilines is 2. The Kier molecular flexibility index (Phi) is 12.2. The van der Waals surface area contributed by atoms with Crippen molar-refractivity contribution in [3.8, 4) is 0 Å². The fourth-order valence-corrected chi connectivity index (χ4v) is 12.0. The Morgan fingerprint density at radius 1 is 0.851 bits per heavy atom. The van der Waals surface area contributed by atoms with Crippen molar-refractivity contribution in [2.45, 2.75) is 107 Å². The normalized spacial score (nSPS) is 23.1. The molecule has 13 nitrogen and oxygen atoms in total. The third-order valence-electron chi connectivity index (χ3n) is 15.2. The number of amides is 5. The summed E-state index contributed by atoms with van der Waals surface area (Å²) in [5.41, 5.74) is 2.10. The van der Waals surface area contributed by atoms with Crippen molar-refractivity contribution in [1.29, 1.82) is 0 Å². The van der Waals surface area contributed by atoms with Crippen molar-refractivity contribution in [2.24, 2.45) is 12.5 Å². The molecule has 4 N–H and O–H groups in total. The zero-order valence-electron chi connectivity index (χ0n) is 37.9. The molecule has 0 radical (unpaired) electrons. The smallest absolute Gasteiger partial charge is 0.329 e. The highest BCUT2D eigenvalue weighted by atomic mass is 35.5. The first-order valence-electron chi connectivity index (χ1n) is 23.0. The van der Waals surface area contributed by atoms with Gasteiger partial charge in [-0.2, -0.15) is 0 Å². The molecule has 5 amide bonds. The molecular formula is C51H54Cl2FN7O6. The predicted octanol–water partition coefficient (Wildman–Crippen LogP) is 8.17. The highest BCUT2D eigenvalue weighted by Crippen LogP contribution is 2.67. The number of carbonyl (C=O) groups excluding carboxylic acids is 5. The van der Waals surface area contributed by atoms with Gasteiger partial charge in [0.1, 0.15) is 17.3 Å². The van der Waals surface area contributed by atoms with E-state index in [0.717, 1.165) is 44.1 Å². The SMILES string of the molecule is CN1[C@@H](C(=O)Nc2ccc(C(=O)NCCCCCc3ccc4c(c3)n(C)c(=O)n4C3CCC(=O)NC3=O)cc2)[C@H](c2cccc(Cl)c2F)[C@]2(C(=O)Nc3cc(Cl)ccc32)C12CCC(C)(C)CC2. The Labute approximate surface area is 397 Å². The van der Waals surface area contributed by atoms with Crippen molar-refractivity contribution in [2.75, 3.05) is 24.2 Å². The molecule has 9 rings (SSSR count). The monoisotopic (exact) mass is 949 g/mol. The zero-order valence-corrected chi connectivity index (χ0v) is 39.5. The Morgan fingerprint density at radius 2 is 1.60 bits per heavy atom. The number of hydrogen-bond donors (Lipinski definition) is 4. The highest BCUT2D eigenvalue weighted by molar-refractivity contribution is 6.31. The number of likely N-dealkylation sites (tertiary alicyclic amines) is 1. The molecule has 1 saturated carbocycles. The van der Waals surface area contributed by atoms with Gasteiger partial charge in [-0.25, -0.2) is 9.18 Å². The van der Waals surface area contributed by atoms with Crippen LogP contribution in [0.25, 0.3) is 11.0 Å². The molecule has 4 aliphatic rings. The first-order valence-corrected chi connectivity index (χ1v) is 23.7. The van der Waals surface area contributed by atoms with Crippen molar-refractivity contribution in [1.82, 2.24) is 24.7 Å². The molecule has 3 aliphatic heterocycles. The van der Waals surface area contributed by atoms with Gasteiger partial charge in [0.2, 0.25) is 23.6 Å². The third kappa shape index (κ3) is 7.84. The van der Waals surface area contributed by atoms with E-state index in [2.05, 4.69) is 35.1 Å². The number of imidazole rings is 1. The number of benzene rings is 4. The average Bonchev–Trinajstić information content (AvgIpc) is 3.81. The van der Waals surface area contributed by atoms with Crippen LogP contribution >= 0.6 is 23.2 Å². The van der Waals surface area contributed by atoms with Gasteiger partial charge in [-0.05, 0) is 135 Å². The van der Waals surface area contributed by atoms with E-state index in [1.165, 1.54) is 15.2 Å². The van der Waals surface area contributed by atoms with Gasteiger partial charge in [0.15, 0.2) is 0 Å². The van der Waals surface area contributed by atoms with Gasteiger partial charge in [-0.3, -0.25) is 43.3 Å². The summed E-state index contributed by atoms with van der Waals surface area (Å²) in [6.45, 7) is 4.87. The summed E-state index contributed by atoms with van der Waals surface area (Å²) in [5.74, 6) is -3.44. The van der Waals surface area contributed by atoms with E-state index in [1.807, 2.05) is 36.2 Å².